The summed E-state index contributed by atoms with van der Waals surface area (Å²) in [6.07, 6.45) is 4.42. The lowest BCUT2D eigenvalue weighted by molar-refractivity contribution is -0.136. The van der Waals surface area contributed by atoms with Crippen LogP contribution in [-0.2, 0) is 19.9 Å². The van der Waals surface area contributed by atoms with Crippen LogP contribution in [0.15, 0.2) is 41.3 Å². The number of thiol groups is 1. The second-order valence-electron chi connectivity index (χ2n) is 8.11. The molecule has 1 heterocycles. The number of hydrazine groups is 1. The van der Waals surface area contributed by atoms with Crippen LogP contribution in [0.1, 0.15) is 45.1 Å². The van der Waals surface area contributed by atoms with Gasteiger partial charge < -0.3 is 10.1 Å². The fourth-order valence-corrected chi connectivity index (χ4v) is 3.76. The molecule has 0 saturated heterocycles. The standard InChI is InChI=1S/C23H34N4O4S/c1-23(2,18-11-7-6-8-12-18)27(15-16-31-22(30)24-3)25-13-9-4-5-10-14-26-20(28)17-19(32)21(26)29/h6-8,11-12,17,25,32H,4-5,9-10,13-16H2,1-3H3,(H,24,30). The SMILES string of the molecule is CNC(=O)OCCN(NCCCCCCN1C(=O)C=C(S)C1=O)C(C)(C)c1ccccc1. The molecule has 1 aromatic carbocycles. The molecule has 0 radical (unpaired) electrons. The van der Waals surface area contributed by atoms with Gasteiger partial charge in [-0.2, -0.15) is 0 Å². The third kappa shape index (κ3) is 7.36. The van der Waals surface area contributed by atoms with Crippen LogP contribution in [0.5, 0.6) is 0 Å². The first kappa shape index (κ1) is 25.9. The van der Waals surface area contributed by atoms with E-state index in [0.29, 0.717) is 13.1 Å². The predicted molar refractivity (Wildman–Crippen MR) is 127 cm³/mol. The average Bonchev–Trinajstić information content (AvgIpc) is 3.03. The molecule has 3 amide bonds. The fraction of sp³-hybridized carbons (Fsp3) is 0.522. The van der Waals surface area contributed by atoms with Gasteiger partial charge in [0.2, 0.25) is 0 Å². The highest BCUT2D eigenvalue weighted by Gasteiger charge is 2.29. The lowest BCUT2D eigenvalue weighted by atomic mass is 9.93. The van der Waals surface area contributed by atoms with E-state index >= 15 is 0 Å². The van der Waals surface area contributed by atoms with Crippen LogP contribution < -0.4 is 10.7 Å². The summed E-state index contributed by atoms with van der Waals surface area (Å²) in [5.41, 5.74) is 4.34. The third-order valence-corrected chi connectivity index (χ3v) is 5.83. The molecule has 0 saturated carbocycles. The van der Waals surface area contributed by atoms with E-state index in [4.69, 9.17) is 4.74 Å². The second kappa shape index (κ2) is 12.6. The van der Waals surface area contributed by atoms with Crippen molar-refractivity contribution in [1.29, 1.82) is 0 Å². The molecular formula is C23H34N4O4S. The monoisotopic (exact) mass is 462 g/mol. The maximum absolute atomic E-state index is 11.8. The minimum Gasteiger partial charge on any atom is -0.448 e. The Morgan fingerprint density at radius 3 is 2.44 bits per heavy atom. The van der Waals surface area contributed by atoms with Crippen molar-refractivity contribution in [2.24, 2.45) is 0 Å². The molecule has 0 spiro atoms. The van der Waals surface area contributed by atoms with E-state index in [1.807, 2.05) is 18.2 Å². The normalized spacial score (nSPS) is 14.2. The van der Waals surface area contributed by atoms with Crippen LogP contribution in [0.2, 0.25) is 0 Å². The van der Waals surface area contributed by atoms with E-state index in [1.54, 1.807) is 0 Å². The molecule has 2 N–H and O–H groups in total. The largest absolute Gasteiger partial charge is 0.448 e. The first-order chi connectivity index (χ1) is 15.3. The van der Waals surface area contributed by atoms with Crippen LogP contribution in [-0.4, -0.2) is 61.1 Å². The Hall–Kier alpha value is -2.36. The van der Waals surface area contributed by atoms with Gasteiger partial charge in [-0.05, 0) is 32.3 Å². The Balaban J connectivity index is 1.77. The van der Waals surface area contributed by atoms with E-state index in [9.17, 15) is 14.4 Å². The number of alkyl carbamates (subject to hydrolysis) is 1. The second-order valence-corrected chi connectivity index (χ2v) is 8.59. The summed E-state index contributed by atoms with van der Waals surface area (Å²) in [4.78, 5) is 36.4. The number of imide groups is 1. The van der Waals surface area contributed by atoms with E-state index in [-0.39, 0.29) is 28.9 Å². The van der Waals surface area contributed by atoms with Gasteiger partial charge in [0.15, 0.2) is 0 Å². The maximum atomic E-state index is 11.8. The molecule has 0 aromatic heterocycles. The summed E-state index contributed by atoms with van der Waals surface area (Å²) in [7, 11) is 1.54. The molecule has 32 heavy (non-hydrogen) atoms. The van der Waals surface area contributed by atoms with Gasteiger partial charge in [0.25, 0.3) is 11.8 Å². The predicted octanol–water partition coefficient (Wildman–Crippen LogP) is 2.83. The Labute approximate surface area is 195 Å². The molecule has 2 rings (SSSR count). The topological polar surface area (TPSA) is 91.0 Å². The summed E-state index contributed by atoms with van der Waals surface area (Å²) in [5, 5.41) is 4.56. The van der Waals surface area contributed by atoms with Crippen LogP contribution in [0, 0.1) is 0 Å². The van der Waals surface area contributed by atoms with Gasteiger partial charge in [-0.3, -0.25) is 19.9 Å². The zero-order valence-electron chi connectivity index (χ0n) is 19.1. The number of nitrogens with zero attached hydrogens (tertiary/aromatic N) is 2. The van der Waals surface area contributed by atoms with Crippen LogP contribution in [0.3, 0.4) is 0 Å². The molecular weight excluding hydrogens is 428 g/mol. The number of carbonyl (C=O) groups excluding carboxylic acids is 3. The van der Waals surface area contributed by atoms with Gasteiger partial charge >= 0.3 is 6.09 Å². The quantitative estimate of drug-likeness (QED) is 0.181. The van der Waals surface area contributed by atoms with Crippen molar-refractivity contribution in [3.8, 4) is 0 Å². The number of benzene rings is 1. The van der Waals surface area contributed by atoms with Crippen molar-refractivity contribution >= 4 is 30.5 Å². The van der Waals surface area contributed by atoms with Crippen molar-refractivity contribution in [1.82, 2.24) is 20.7 Å². The van der Waals surface area contributed by atoms with E-state index in [1.165, 1.54) is 18.0 Å². The van der Waals surface area contributed by atoms with Crippen LogP contribution in [0.4, 0.5) is 4.79 Å². The molecule has 176 valence electrons. The molecule has 0 atom stereocenters. The molecule has 9 heteroatoms. The summed E-state index contributed by atoms with van der Waals surface area (Å²) >= 11 is 4.01. The number of rotatable bonds is 13. The van der Waals surface area contributed by atoms with E-state index in [2.05, 4.69) is 54.4 Å². The summed E-state index contributed by atoms with van der Waals surface area (Å²) < 4.78 is 5.18. The van der Waals surface area contributed by atoms with Crippen molar-refractivity contribution < 1.29 is 19.1 Å². The molecule has 0 aliphatic carbocycles. The molecule has 0 unspecified atom stereocenters. The van der Waals surface area contributed by atoms with Crippen LogP contribution >= 0.6 is 12.6 Å². The minimum atomic E-state index is -0.447. The first-order valence-corrected chi connectivity index (χ1v) is 11.4. The summed E-state index contributed by atoms with van der Waals surface area (Å²) in [5.74, 6) is -0.586. The molecule has 1 aliphatic rings. The van der Waals surface area contributed by atoms with Crippen molar-refractivity contribution in [3.63, 3.8) is 0 Å². The van der Waals surface area contributed by atoms with Crippen molar-refractivity contribution in [2.45, 2.75) is 45.1 Å². The number of carbonyl (C=O) groups is 3. The third-order valence-electron chi connectivity index (χ3n) is 5.51. The first-order valence-electron chi connectivity index (χ1n) is 10.9. The number of hydrogen-bond acceptors (Lipinski definition) is 7. The lowest BCUT2D eigenvalue weighted by Gasteiger charge is -2.39. The highest BCUT2D eigenvalue weighted by Crippen LogP contribution is 2.26. The molecule has 1 aliphatic heterocycles. The van der Waals surface area contributed by atoms with Crippen molar-refractivity contribution in [2.75, 3.05) is 33.3 Å². The zero-order valence-corrected chi connectivity index (χ0v) is 20.0. The molecule has 0 bridgehead atoms. The zero-order chi connectivity index (χ0) is 23.6. The van der Waals surface area contributed by atoms with Crippen LogP contribution in [0.25, 0.3) is 0 Å². The molecule has 8 nitrogen and oxygen atoms in total. The summed E-state index contributed by atoms with van der Waals surface area (Å²) in [6.45, 7) is 6.25. The van der Waals surface area contributed by atoms with Gasteiger partial charge in [-0.15, -0.1) is 12.6 Å². The molecule has 0 fully saturated rings. The van der Waals surface area contributed by atoms with Gasteiger partial charge in [0.05, 0.1) is 10.4 Å². The van der Waals surface area contributed by atoms with Crippen molar-refractivity contribution in [3.05, 3.63) is 46.9 Å². The number of unbranched alkanes of at least 4 members (excludes halogenated alkanes) is 3. The Morgan fingerprint density at radius 1 is 1.12 bits per heavy atom. The smallest absolute Gasteiger partial charge is 0.406 e. The summed E-state index contributed by atoms with van der Waals surface area (Å²) in [6, 6.07) is 10.2. The number of ether oxygens (including phenoxy) is 1. The average molecular weight is 463 g/mol. The number of amides is 3. The Morgan fingerprint density at radius 2 is 1.81 bits per heavy atom. The Kier molecular flexibility index (Phi) is 10.2. The van der Waals surface area contributed by atoms with Gasteiger partial charge in [-0.25, -0.2) is 9.80 Å². The lowest BCUT2D eigenvalue weighted by Crippen LogP contribution is -2.52. The van der Waals surface area contributed by atoms with Gasteiger partial charge in [0, 0.05) is 32.8 Å². The number of hydrogen-bond donors (Lipinski definition) is 3. The highest BCUT2D eigenvalue weighted by molar-refractivity contribution is 7.85. The molecule has 1 aromatic rings. The maximum Gasteiger partial charge on any atom is 0.406 e. The van der Waals surface area contributed by atoms with E-state index < -0.39 is 6.09 Å². The highest BCUT2D eigenvalue weighted by atomic mass is 32.1. The fourth-order valence-electron chi connectivity index (χ4n) is 3.53. The van der Waals surface area contributed by atoms with E-state index in [0.717, 1.165) is 37.8 Å². The minimum absolute atomic E-state index is 0.209. The van der Waals surface area contributed by atoms with Gasteiger partial charge in [0.1, 0.15) is 6.61 Å². The van der Waals surface area contributed by atoms with Gasteiger partial charge in [-0.1, -0.05) is 43.2 Å². The Bertz CT molecular complexity index is 813. The number of nitrogens with one attached hydrogen (secondary N) is 2.